The zero-order valence-electron chi connectivity index (χ0n) is 11.1. The van der Waals surface area contributed by atoms with Crippen LogP contribution in [0.15, 0.2) is 24.3 Å². The molecule has 0 saturated carbocycles. The first-order valence-electron chi connectivity index (χ1n) is 5.92. The van der Waals surface area contributed by atoms with E-state index in [2.05, 4.69) is 5.32 Å². The number of carbonyl (C=O) groups is 1. The van der Waals surface area contributed by atoms with E-state index in [1.807, 2.05) is 52.0 Å². The summed E-state index contributed by atoms with van der Waals surface area (Å²) in [7, 11) is 0. The van der Waals surface area contributed by atoms with Crippen LogP contribution in [0.1, 0.15) is 32.8 Å². The van der Waals surface area contributed by atoms with Gasteiger partial charge in [0.25, 0.3) is 0 Å². The molecule has 17 heavy (non-hydrogen) atoms. The molecule has 1 amide bonds. The second kappa shape index (κ2) is 5.32. The number of nitrogens with one attached hydrogen (secondary N) is 1. The summed E-state index contributed by atoms with van der Waals surface area (Å²) in [6.07, 6.45) is 0.345. The highest BCUT2D eigenvalue weighted by Gasteiger charge is 2.23. The van der Waals surface area contributed by atoms with Gasteiger partial charge in [-0.25, -0.2) is 0 Å². The number of rotatable bonds is 3. The molecule has 1 aromatic carbocycles. The molecular formula is C14H22N2O. The standard InChI is InChI=1S/C14H22N2O/c1-10-7-5-6-8-11(10)16-13(17)9-12(15)14(2,3)4/h5-8,12H,9,15H2,1-4H3,(H,16,17). The first-order valence-corrected chi connectivity index (χ1v) is 5.92. The SMILES string of the molecule is Cc1ccccc1NC(=O)CC(N)C(C)(C)C. The van der Waals surface area contributed by atoms with E-state index in [0.29, 0.717) is 6.42 Å². The number of carbonyl (C=O) groups excluding carboxylic acids is 1. The fraction of sp³-hybridized carbons (Fsp3) is 0.500. The Morgan fingerprint density at radius 2 is 1.94 bits per heavy atom. The Labute approximate surface area is 103 Å². The van der Waals surface area contributed by atoms with Crippen LogP contribution >= 0.6 is 0 Å². The van der Waals surface area contributed by atoms with Crippen molar-refractivity contribution in [2.45, 2.75) is 40.2 Å². The van der Waals surface area contributed by atoms with E-state index in [1.165, 1.54) is 0 Å². The van der Waals surface area contributed by atoms with Gasteiger partial charge < -0.3 is 11.1 Å². The third-order valence-corrected chi connectivity index (χ3v) is 2.94. The van der Waals surface area contributed by atoms with Gasteiger partial charge in [0.1, 0.15) is 0 Å². The van der Waals surface area contributed by atoms with E-state index in [4.69, 9.17) is 5.73 Å². The van der Waals surface area contributed by atoms with Gasteiger partial charge in [0.15, 0.2) is 0 Å². The Morgan fingerprint density at radius 3 is 2.47 bits per heavy atom. The third kappa shape index (κ3) is 4.19. The molecule has 1 unspecified atom stereocenters. The van der Waals surface area contributed by atoms with Gasteiger partial charge >= 0.3 is 0 Å². The van der Waals surface area contributed by atoms with E-state index in [1.54, 1.807) is 0 Å². The highest BCUT2D eigenvalue weighted by molar-refractivity contribution is 5.91. The molecule has 94 valence electrons. The first-order chi connectivity index (χ1) is 7.80. The predicted octanol–water partition coefficient (Wildman–Crippen LogP) is 2.70. The van der Waals surface area contributed by atoms with Crippen LogP contribution in [-0.2, 0) is 4.79 Å². The second-order valence-corrected chi connectivity index (χ2v) is 5.54. The Hall–Kier alpha value is -1.35. The van der Waals surface area contributed by atoms with Crippen LogP contribution in [0.25, 0.3) is 0 Å². The van der Waals surface area contributed by atoms with Gasteiger partial charge in [-0.05, 0) is 24.0 Å². The van der Waals surface area contributed by atoms with E-state index in [0.717, 1.165) is 11.3 Å². The zero-order chi connectivity index (χ0) is 13.1. The molecule has 0 radical (unpaired) electrons. The molecule has 3 N–H and O–H groups in total. The number of hydrogen-bond acceptors (Lipinski definition) is 2. The molecule has 0 saturated heterocycles. The molecule has 1 rings (SSSR count). The molecule has 0 aliphatic rings. The van der Waals surface area contributed by atoms with Crippen molar-refractivity contribution in [3.63, 3.8) is 0 Å². The highest BCUT2D eigenvalue weighted by atomic mass is 16.1. The maximum Gasteiger partial charge on any atom is 0.225 e. The fourth-order valence-electron chi connectivity index (χ4n) is 1.42. The van der Waals surface area contributed by atoms with Gasteiger partial charge in [0.05, 0.1) is 0 Å². The summed E-state index contributed by atoms with van der Waals surface area (Å²) in [6.45, 7) is 8.09. The second-order valence-electron chi connectivity index (χ2n) is 5.54. The lowest BCUT2D eigenvalue weighted by molar-refractivity contribution is -0.117. The molecule has 0 spiro atoms. The summed E-state index contributed by atoms with van der Waals surface area (Å²) in [5.41, 5.74) is 7.85. The lowest BCUT2D eigenvalue weighted by atomic mass is 9.85. The molecule has 1 atom stereocenters. The van der Waals surface area contributed by atoms with Crippen LogP contribution in [-0.4, -0.2) is 11.9 Å². The first kappa shape index (κ1) is 13.7. The van der Waals surface area contributed by atoms with Crippen molar-refractivity contribution in [3.8, 4) is 0 Å². The third-order valence-electron chi connectivity index (χ3n) is 2.94. The van der Waals surface area contributed by atoms with Crippen LogP contribution in [0.5, 0.6) is 0 Å². The Morgan fingerprint density at radius 1 is 1.35 bits per heavy atom. The molecule has 0 heterocycles. The van der Waals surface area contributed by atoms with Gasteiger partial charge in [-0.3, -0.25) is 4.79 Å². The quantitative estimate of drug-likeness (QED) is 0.844. The van der Waals surface area contributed by atoms with Crippen molar-refractivity contribution in [1.29, 1.82) is 0 Å². The van der Waals surface area contributed by atoms with Crippen molar-refractivity contribution in [2.24, 2.45) is 11.1 Å². The summed E-state index contributed by atoms with van der Waals surface area (Å²) in [6, 6.07) is 7.60. The van der Waals surface area contributed by atoms with Crippen molar-refractivity contribution in [3.05, 3.63) is 29.8 Å². The monoisotopic (exact) mass is 234 g/mol. The largest absolute Gasteiger partial charge is 0.327 e. The normalized spacial score (nSPS) is 13.2. The van der Waals surface area contributed by atoms with Crippen molar-refractivity contribution < 1.29 is 4.79 Å². The number of benzene rings is 1. The number of aryl methyl sites for hydroxylation is 1. The van der Waals surface area contributed by atoms with Crippen molar-refractivity contribution in [2.75, 3.05) is 5.32 Å². The number of nitrogens with two attached hydrogens (primary N) is 1. The minimum atomic E-state index is -0.133. The lowest BCUT2D eigenvalue weighted by Gasteiger charge is -2.26. The summed E-state index contributed by atoms with van der Waals surface area (Å²) < 4.78 is 0. The van der Waals surface area contributed by atoms with Crippen LogP contribution in [0, 0.1) is 12.3 Å². The summed E-state index contributed by atoms with van der Waals surface area (Å²) in [4.78, 5) is 11.8. The summed E-state index contributed by atoms with van der Waals surface area (Å²) in [5, 5.41) is 2.89. The predicted molar refractivity (Wildman–Crippen MR) is 71.9 cm³/mol. The Balaban J connectivity index is 2.60. The van der Waals surface area contributed by atoms with Gasteiger partial charge in [0.2, 0.25) is 5.91 Å². The maximum absolute atomic E-state index is 11.8. The molecule has 0 aromatic heterocycles. The fourth-order valence-corrected chi connectivity index (χ4v) is 1.42. The zero-order valence-corrected chi connectivity index (χ0v) is 11.1. The molecule has 0 bridgehead atoms. The summed E-state index contributed by atoms with van der Waals surface area (Å²) >= 11 is 0. The average Bonchev–Trinajstić information content (AvgIpc) is 2.20. The topological polar surface area (TPSA) is 55.1 Å². The molecule has 1 aromatic rings. The minimum absolute atomic E-state index is 0.0262. The van der Waals surface area contributed by atoms with Gasteiger partial charge in [-0.15, -0.1) is 0 Å². The molecule has 3 nitrogen and oxygen atoms in total. The van der Waals surface area contributed by atoms with Crippen molar-refractivity contribution in [1.82, 2.24) is 0 Å². The van der Waals surface area contributed by atoms with Crippen LogP contribution in [0.3, 0.4) is 0 Å². The minimum Gasteiger partial charge on any atom is -0.327 e. The number of amides is 1. The number of para-hydroxylation sites is 1. The van der Waals surface area contributed by atoms with Crippen molar-refractivity contribution >= 4 is 11.6 Å². The highest BCUT2D eigenvalue weighted by Crippen LogP contribution is 2.20. The van der Waals surface area contributed by atoms with Crippen LogP contribution in [0.2, 0.25) is 0 Å². The lowest BCUT2D eigenvalue weighted by Crippen LogP contribution is -2.38. The van der Waals surface area contributed by atoms with Gasteiger partial charge in [-0.2, -0.15) is 0 Å². The van der Waals surface area contributed by atoms with E-state index >= 15 is 0 Å². The smallest absolute Gasteiger partial charge is 0.225 e. The van der Waals surface area contributed by atoms with E-state index in [9.17, 15) is 4.79 Å². The molecule has 0 fully saturated rings. The van der Waals surface area contributed by atoms with Gasteiger partial charge in [-0.1, -0.05) is 39.0 Å². The Bertz CT molecular complexity index is 393. The van der Waals surface area contributed by atoms with Crippen LogP contribution in [0.4, 0.5) is 5.69 Å². The molecule has 3 heteroatoms. The van der Waals surface area contributed by atoms with E-state index in [-0.39, 0.29) is 17.4 Å². The number of hydrogen-bond donors (Lipinski definition) is 2. The van der Waals surface area contributed by atoms with Crippen LogP contribution < -0.4 is 11.1 Å². The maximum atomic E-state index is 11.8. The summed E-state index contributed by atoms with van der Waals surface area (Å²) in [5.74, 6) is -0.0262. The molecule has 0 aliphatic heterocycles. The van der Waals surface area contributed by atoms with Gasteiger partial charge in [0, 0.05) is 18.2 Å². The Kier molecular flexibility index (Phi) is 4.29. The molecular weight excluding hydrogens is 212 g/mol. The molecule has 0 aliphatic carbocycles. The number of anilines is 1. The average molecular weight is 234 g/mol. The van der Waals surface area contributed by atoms with E-state index < -0.39 is 0 Å².